The second-order valence-electron chi connectivity index (χ2n) is 32.7. The van der Waals surface area contributed by atoms with Crippen molar-refractivity contribution in [2.24, 2.45) is 0 Å². The van der Waals surface area contributed by atoms with Crippen molar-refractivity contribution in [1.29, 1.82) is 0 Å². The number of ketones is 4. The number of phenols is 2. The lowest BCUT2D eigenvalue weighted by Gasteiger charge is -2.28. The highest BCUT2D eigenvalue weighted by molar-refractivity contribution is 6.32. The quantitative estimate of drug-likeness (QED) is 0.0751. The van der Waals surface area contributed by atoms with Gasteiger partial charge in [0.15, 0.2) is 23.1 Å². The van der Waals surface area contributed by atoms with Crippen LogP contribution in [0.1, 0.15) is 226 Å². The van der Waals surface area contributed by atoms with Crippen LogP contribution in [-0.4, -0.2) is 79.7 Å². The van der Waals surface area contributed by atoms with Crippen molar-refractivity contribution in [3.05, 3.63) is 281 Å². The summed E-state index contributed by atoms with van der Waals surface area (Å²) >= 11 is 0. The van der Waals surface area contributed by atoms with Crippen LogP contribution < -0.4 is 18.9 Å². The van der Waals surface area contributed by atoms with Gasteiger partial charge in [-0.15, -0.1) is 0 Å². The van der Waals surface area contributed by atoms with Gasteiger partial charge < -0.3 is 39.1 Å². The zero-order chi connectivity index (χ0) is 74.5. The predicted molar refractivity (Wildman–Crippen MR) is 416 cm³/mol. The number of ether oxygens (including phenoxy) is 4. The fourth-order valence-electron chi connectivity index (χ4n) is 14.9. The number of imidazole rings is 2. The van der Waals surface area contributed by atoms with Crippen molar-refractivity contribution in [3.63, 3.8) is 0 Å². The first-order valence-electron chi connectivity index (χ1n) is 36.7. The molecule has 0 spiro atoms. The van der Waals surface area contributed by atoms with Crippen molar-refractivity contribution in [2.45, 2.75) is 143 Å². The Morgan fingerprint density at radius 3 is 0.925 bits per heavy atom. The highest BCUT2D eigenvalue weighted by Gasteiger charge is 2.35. The molecule has 0 atom stereocenters. The highest BCUT2D eigenvalue weighted by Crippen LogP contribution is 2.45. The van der Waals surface area contributed by atoms with Crippen molar-refractivity contribution in [2.75, 3.05) is 26.4 Å². The first-order valence-corrected chi connectivity index (χ1v) is 36.7. The normalized spacial score (nSPS) is 13.7. The maximum atomic E-state index is 13.8. The summed E-state index contributed by atoms with van der Waals surface area (Å²) in [5.74, 6) is 3.52. The zero-order valence-electron chi connectivity index (χ0n) is 62.3. The molecule has 10 aromatic carbocycles. The molecule has 14 nitrogen and oxygen atoms in total. The van der Waals surface area contributed by atoms with E-state index in [1.807, 2.05) is 48.5 Å². The average Bonchev–Trinajstić information content (AvgIpc) is 1.17. The topological polar surface area (TPSA) is 203 Å². The number of nitrogens with one attached hydrogen (secondary N) is 2. The molecule has 106 heavy (non-hydrogen) atoms. The summed E-state index contributed by atoms with van der Waals surface area (Å²) in [7, 11) is 0. The molecule has 0 saturated heterocycles. The number of aromatic nitrogens is 4. The number of carbonyl (C=O) groups excluding carboxylic acids is 4. The Morgan fingerprint density at radius 2 is 0.623 bits per heavy atom. The van der Waals surface area contributed by atoms with E-state index in [4.69, 9.17) is 28.9 Å². The third-order valence-corrected chi connectivity index (χ3v) is 21.0. The van der Waals surface area contributed by atoms with Crippen LogP contribution in [0.5, 0.6) is 34.5 Å². The van der Waals surface area contributed by atoms with Crippen molar-refractivity contribution in [1.82, 2.24) is 19.9 Å². The molecule has 3 aliphatic carbocycles. The molecule has 0 unspecified atom stereocenters. The van der Waals surface area contributed by atoms with Gasteiger partial charge in [-0.25, -0.2) is 9.97 Å². The molecule has 0 aliphatic heterocycles. The Labute approximate surface area is 618 Å². The minimum Gasteiger partial charge on any atom is -0.507 e. The number of hydrogen-bond donors (Lipinski definition) is 4. The van der Waals surface area contributed by atoms with Crippen LogP contribution in [0.4, 0.5) is 0 Å². The molecule has 2 heterocycles. The Kier molecular flexibility index (Phi) is 17.9. The number of benzene rings is 10. The first kappa shape index (κ1) is 70.3. The second-order valence-corrected chi connectivity index (χ2v) is 32.7. The van der Waals surface area contributed by atoms with Gasteiger partial charge in [-0.3, -0.25) is 19.2 Å². The van der Waals surface area contributed by atoms with Crippen LogP contribution in [0, 0.1) is 0 Å². The van der Waals surface area contributed by atoms with Gasteiger partial charge in [-0.05, 0) is 161 Å². The Morgan fingerprint density at radius 1 is 0.340 bits per heavy atom. The minimum atomic E-state index is -0.296. The minimum absolute atomic E-state index is 0.183. The zero-order valence-corrected chi connectivity index (χ0v) is 62.3. The summed E-state index contributed by atoms with van der Waals surface area (Å²) < 4.78 is 27.0. The molecule has 0 radical (unpaired) electrons. The first-order chi connectivity index (χ1) is 50.5. The van der Waals surface area contributed by atoms with Crippen LogP contribution in [0.25, 0.3) is 44.8 Å². The summed E-state index contributed by atoms with van der Waals surface area (Å²) in [6, 6.07) is 53.6. The second kappa shape index (κ2) is 27.0. The maximum Gasteiger partial charge on any atom is 0.196 e. The molecular weight excluding hydrogens is 1320 g/mol. The number of aromatic hydroxyl groups is 2. The molecule has 0 fully saturated rings. The average molecular weight is 1410 g/mol. The van der Waals surface area contributed by atoms with Crippen molar-refractivity contribution < 1.29 is 48.3 Å². The van der Waals surface area contributed by atoms with E-state index >= 15 is 0 Å². The Hall–Kier alpha value is -11.4. The van der Waals surface area contributed by atoms with Crippen LogP contribution in [-0.2, 0) is 47.3 Å². The van der Waals surface area contributed by atoms with Crippen molar-refractivity contribution >= 4 is 45.2 Å². The number of carbonyl (C=O) groups is 4. The molecular formula is C92H88N4O10. The summed E-state index contributed by atoms with van der Waals surface area (Å²) in [6.45, 7) is 27.8. The maximum absolute atomic E-state index is 13.8. The summed E-state index contributed by atoms with van der Waals surface area (Å²) in [6.07, 6.45) is 2.50. The number of phenolic OH excluding ortho intramolecular Hbond substituents is 2. The summed E-state index contributed by atoms with van der Waals surface area (Å²) in [4.78, 5) is 71.0. The SMILES string of the molecule is CC(C)(C)c1cc2c(O)c(c1)Cc1cc(C(C)(C)C)cc(c1OCCCOc1ccc(-c3nc4ccc5c(c4[nH]3)C(=O)c3ccccc3C5=O)cc1)Cc1cc(C(C)(C)C)cc(c1O)Cc1cc(C(C)(C)C)cc(c1OCCCOc1ccc(-c3nc4ccc5c(c4[nH]3)C(=O)c3ccccc3C5=O)cc1)C2. The lowest BCUT2D eigenvalue weighted by atomic mass is 9.79. The van der Waals surface area contributed by atoms with Crippen LogP contribution in [0.2, 0.25) is 0 Å². The monoisotopic (exact) mass is 1410 g/mol. The molecule has 2 aromatic heterocycles. The Bertz CT molecular complexity index is 5130. The van der Waals surface area contributed by atoms with Gasteiger partial charge >= 0.3 is 0 Å². The van der Waals surface area contributed by atoms with Gasteiger partial charge in [0.2, 0.25) is 0 Å². The number of hydrogen-bond acceptors (Lipinski definition) is 12. The number of aromatic amines is 2. The van der Waals surface area contributed by atoms with E-state index in [1.165, 1.54) is 0 Å². The van der Waals surface area contributed by atoms with Crippen LogP contribution >= 0.6 is 0 Å². The molecule has 14 heteroatoms. The lowest BCUT2D eigenvalue weighted by Crippen LogP contribution is -2.21. The summed E-state index contributed by atoms with van der Waals surface area (Å²) in [5.41, 5.74) is 16.8. The molecule has 8 bridgehead atoms. The molecule has 12 aromatic rings. The fourth-order valence-corrected chi connectivity index (χ4v) is 14.9. The molecule has 0 amide bonds. The number of H-pyrrole nitrogens is 2. The smallest absolute Gasteiger partial charge is 0.196 e. The van der Waals surface area contributed by atoms with E-state index in [0.717, 1.165) is 77.9 Å². The lowest BCUT2D eigenvalue weighted by molar-refractivity contribution is 0.0980. The predicted octanol–water partition coefficient (Wildman–Crippen LogP) is 19.3. The van der Waals surface area contributed by atoms with Gasteiger partial charge in [-0.1, -0.05) is 180 Å². The number of fused-ring (bicyclic) bond motifs is 16. The van der Waals surface area contributed by atoms with E-state index < -0.39 is 0 Å². The third kappa shape index (κ3) is 13.4. The van der Waals surface area contributed by atoms with E-state index in [2.05, 4.69) is 142 Å². The van der Waals surface area contributed by atoms with Gasteiger partial charge in [0.05, 0.1) is 59.6 Å². The standard InChI is InChI=1S/C92H88N4O10/c1-89(2,3)61-43-53-39-57-47-63(91(7,8)9)49-59(85(57)105-37-17-35-103-65-27-23-51(24-28-65)87-93-73-33-31-71-75(77(73)95-87)83(101)69-21-15-13-19-67(69)81(71)99)41-55-45-62(90(4,5)6)46-56(80(55)98)42-60-50-64(92(10,11)12)48-58(40-54(44-61)79(53)97)86(60)106-38-18-36-104-66-29-25-52(26-30-66)88-94-74-34-32-72-76(78(74)96-88)84(102)70-22-16-14-20-68(70)82(72)100/h13-16,19-34,43-50,97-98H,17-18,35-42H2,1-12H3,(H,93,95)(H,94,96). The van der Waals surface area contributed by atoms with Gasteiger partial charge in [0.25, 0.3) is 0 Å². The number of rotatable bonds is 14. The van der Waals surface area contributed by atoms with E-state index in [0.29, 0.717) is 166 Å². The largest absolute Gasteiger partial charge is 0.507 e. The van der Waals surface area contributed by atoms with E-state index in [-0.39, 0.29) is 56.3 Å². The van der Waals surface area contributed by atoms with Gasteiger partial charge in [-0.2, -0.15) is 0 Å². The molecule has 0 saturated carbocycles. The van der Waals surface area contributed by atoms with Gasteiger partial charge in [0.1, 0.15) is 46.1 Å². The highest BCUT2D eigenvalue weighted by atomic mass is 16.5. The van der Waals surface area contributed by atoms with E-state index in [1.54, 1.807) is 72.8 Å². The third-order valence-electron chi connectivity index (χ3n) is 21.0. The van der Waals surface area contributed by atoms with Crippen LogP contribution in [0.15, 0.2) is 170 Å². The van der Waals surface area contributed by atoms with E-state index in [9.17, 15) is 29.4 Å². The van der Waals surface area contributed by atoms with Crippen LogP contribution in [0.3, 0.4) is 0 Å². The fraction of sp³-hybridized carbons (Fsp3) is 0.283. The number of nitrogens with zero attached hydrogens (tertiary/aromatic N) is 2. The molecule has 3 aliphatic rings. The molecule has 4 N–H and O–H groups in total. The summed E-state index contributed by atoms with van der Waals surface area (Å²) in [5, 5.41) is 26.0. The molecule has 536 valence electrons. The Balaban J connectivity index is 0.707. The van der Waals surface area contributed by atoms with Crippen molar-refractivity contribution in [3.8, 4) is 57.3 Å². The van der Waals surface area contributed by atoms with Gasteiger partial charge in [0, 0.05) is 83.0 Å². The molecule has 15 rings (SSSR count).